The van der Waals surface area contributed by atoms with Crippen LogP contribution in [-0.2, 0) is 16.1 Å². The van der Waals surface area contributed by atoms with Crippen LogP contribution in [0.3, 0.4) is 0 Å². The number of carbonyl (C=O) groups is 1. The third-order valence-electron chi connectivity index (χ3n) is 5.86. The zero-order valence-electron chi connectivity index (χ0n) is 17.1. The van der Waals surface area contributed by atoms with Gasteiger partial charge in [-0.05, 0) is 17.4 Å². The van der Waals surface area contributed by atoms with Crippen molar-refractivity contribution < 1.29 is 18.4 Å². The molecule has 0 spiro atoms. The Balaban J connectivity index is 1.54. The molecule has 0 aliphatic heterocycles. The van der Waals surface area contributed by atoms with Gasteiger partial charge >= 0.3 is 5.76 Å². The Bertz CT molecular complexity index is 1170. The Morgan fingerprint density at radius 1 is 1.29 bits per heavy atom. The lowest BCUT2D eigenvalue weighted by Crippen LogP contribution is -2.49. The largest absolute Gasteiger partial charge is 0.457 e. The number of benzene rings is 1. The molecule has 2 heterocycles. The Morgan fingerprint density at radius 2 is 2.03 bits per heavy atom. The zero-order valence-corrected chi connectivity index (χ0v) is 17.1. The lowest BCUT2D eigenvalue weighted by atomic mass is 10.2. The van der Waals surface area contributed by atoms with Gasteiger partial charge < -0.3 is 24.2 Å². The summed E-state index contributed by atoms with van der Waals surface area (Å²) in [6.07, 6.45) is 1.36. The Morgan fingerprint density at radius 3 is 2.71 bits per heavy atom. The number of hydrogen-bond acceptors (Lipinski definition) is 8. The van der Waals surface area contributed by atoms with Crippen molar-refractivity contribution in [1.29, 1.82) is 5.26 Å². The van der Waals surface area contributed by atoms with Crippen LogP contribution in [0.4, 0.5) is 5.82 Å². The van der Waals surface area contributed by atoms with Crippen LogP contribution in [0.15, 0.2) is 56.3 Å². The van der Waals surface area contributed by atoms with Gasteiger partial charge in [0.15, 0.2) is 11.4 Å². The molecule has 31 heavy (non-hydrogen) atoms. The predicted octanol–water partition coefficient (Wildman–Crippen LogP) is 2.44. The second kappa shape index (κ2) is 8.24. The molecule has 0 radical (unpaired) electrons. The highest BCUT2D eigenvalue weighted by atomic mass is 16.5. The van der Waals surface area contributed by atoms with Crippen LogP contribution in [0, 0.1) is 23.2 Å². The maximum atomic E-state index is 13.1. The number of rotatable bonds is 8. The van der Waals surface area contributed by atoms with Crippen LogP contribution < -0.4 is 16.4 Å². The minimum Gasteiger partial charge on any atom is -0.457 e. The van der Waals surface area contributed by atoms with E-state index < -0.39 is 23.2 Å². The third-order valence-corrected chi connectivity index (χ3v) is 5.86. The predicted molar refractivity (Wildman–Crippen MR) is 111 cm³/mol. The van der Waals surface area contributed by atoms with Crippen molar-refractivity contribution in [2.75, 3.05) is 11.9 Å². The zero-order chi connectivity index (χ0) is 22.0. The van der Waals surface area contributed by atoms with Crippen molar-refractivity contribution >= 4 is 22.9 Å². The number of hydrogen-bond donors (Lipinski definition) is 2. The number of furan rings is 1. The molecule has 9 heteroatoms. The smallest absolute Gasteiger partial charge is 0.441 e. The number of carbonyl (C=O) groups excluding carboxylic acids is 1. The molecule has 1 amide bonds. The summed E-state index contributed by atoms with van der Waals surface area (Å²) in [5, 5.41) is 15.4. The van der Waals surface area contributed by atoms with Gasteiger partial charge in [0.25, 0.3) is 0 Å². The number of fused-ring (bicyclic) bond motifs is 1. The molecule has 160 valence electrons. The van der Waals surface area contributed by atoms with Crippen molar-refractivity contribution in [3.63, 3.8) is 0 Å². The van der Waals surface area contributed by atoms with Crippen LogP contribution in [0.5, 0.6) is 0 Å². The maximum absolute atomic E-state index is 13.1. The van der Waals surface area contributed by atoms with Gasteiger partial charge in [-0.3, -0.25) is 4.79 Å². The van der Waals surface area contributed by atoms with E-state index in [1.807, 2.05) is 44.2 Å². The molecule has 1 saturated carbocycles. The van der Waals surface area contributed by atoms with Gasteiger partial charge in [0.05, 0.1) is 25.5 Å². The molecule has 1 aliphatic carbocycles. The number of nitriles is 1. The van der Waals surface area contributed by atoms with Gasteiger partial charge in [0.1, 0.15) is 11.6 Å². The van der Waals surface area contributed by atoms with Crippen molar-refractivity contribution in [3.05, 3.63) is 58.8 Å². The van der Waals surface area contributed by atoms with Crippen LogP contribution >= 0.6 is 0 Å². The number of ether oxygens (including phenoxy) is 1. The second-order valence-corrected chi connectivity index (χ2v) is 7.69. The Labute approximate surface area is 178 Å². The summed E-state index contributed by atoms with van der Waals surface area (Å²) < 4.78 is 16.1. The van der Waals surface area contributed by atoms with E-state index in [4.69, 9.17) is 13.6 Å². The van der Waals surface area contributed by atoms with Crippen LogP contribution in [0.2, 0.25) is 0 Å². The fourth-order valence-electron chi connectivity index (χ4n) is 3.65. The molecule has 9 nitrogen and oxygen atoms in total. The molecule has 0 saturated heterocycles. The minimum absolute atomic E-state index is 0.0187. The Hall–Kier alpha value is -3.64. The molecular formula is C22H22N4O5. The first-order valence-electron chi connectivity index (χ1n) is 9.94. The standard InChI is InChI=1S/C22H22N4O5/c1-13-14(2)22(13,12-23)26-20(27)16(11-29-10-15-6-4-3-5-7-15)24-19-18-17(8-9-30-18)31-21(28)25-19/h3-9,13-14,16H,10-11H2,1-2H3,(H,26,27)(H,24,25,28). The highest BCUT2D eigenvalue weighted by Crippen LogP contribution is 2.49. The Kier molecular flexibility index (Phi) is 5.48. The van der Waals surface area contributed by atoms with Crippen molar-refractivity contribution in [2.45, 2.75) is 32.0 Å². The summed E-state index contributed by atoms with van der Waals surface area (Å²) in [6, 6.07) is 12.3. The van der Waals surface area contributed by atoms with Gasteiger partial charge in [-0.25, -0.2) is 4.79 Å². The summed E-state index contributed by atoms with van der Waals surface area (Å²) in [6.45, 7) is 4.11. The highest BCUT2D eigenvalue weighted by Gasteiger charge is 2.61. The number of nitrogens with one attached hydrogen (secondary N) is 2. The molecule has 3 unspecified atom stereocenters. The fraction of sp³-hybridized carbons (Fsp3) is 0.364. The summed E-state index contributed by atoms with van der Waals surface area (Å²) in [7, 11) is 0. The van der Waals surface area contributed by atoms with E-state index in [0.717, 1.165) is 5.56 Å². The van der Waals surface area contributed by atoms with Gasteiger partial charge in [0, 0.05) is 6.07 Å². The van der Waals surface area contributed by atoms with E-state index in [9.17, 15) is 14.9 Å². The number of amides is 1. The monoisotopic (exact) mass is 422 g/mol. The highest BCUT2D eigenvalue weighted by molar-refractivity contribution is 5.89. The van der Waals surface area contributed by atoms with E-state index in [-0.39, 0.29) is 35.4 Å². The molecule has 4 rings (SSSR count). The second-order valence-electron chi connectivity index (χ2n) is 7.69. The van der Waals surface area contributed by atoms with Gasteiger partial charge in [-0.15, -0.1) is 0 Å². The lowest BCUT2D eigenvalue weighted by Gasteiger charge is -2.21. The van der Waals surface area contributed by atoms with Crippen LogP contribution in [-0.4, -0.2) is 29.1 Å². The van der Waals surface area contributed by atoms with E-state index in [1.165, 1.54) is 12.3 Å². The number of aromatic nitrogens is 1. The average molecular weight is 422 g/mol. The average Bonchev–Trinajstić information content (AvgIpc) is 3.09. The molecule has 1 fully saturated rings. The molecule has 2 aromatic heterocycles. The molecule has 2 N–H and O–H groups in total. The molecular weight excluding hydrogens is 400 g/mol. The van der Waals surface area contributed by atoms with E-state index in [2.05, 4.69) is 21.7 Å². The first kappa shape index (κ1) is 20.6. The fourth-order valence-corrected chi connectivity index (χ4v) is 3.65. The van der Waals surface area contributed by atoms with Crippen molar-refractivity contribution in [2.24, 2.45) is 11.8 Å². The van der Waals surface area contributed by atoms with E-state index >= 15 is 0 Å². The minimum atomic E-state index is -0.920. The molecule has 3 atom stereocenters. The molecule has 1 aliphatic rings. The van der Waals surface area contributed by atoms with Crippen LogP contribution in [0.1, 0.15) is 19.4 Å². The summed E-state index contributed by atoms with van der Waals surface area (Å²) in [4.78, 5) is 28.7. The molecule has 0 bridgehead atoms. The first-order valence-corrected chi connectivity index (χ1v) is 9.94. The lowest BCUT2D eigenvalue weighted by molar-refractivity contribution is -0.124. The number of nitrogens with zero attached hydrogens (tertiary/aromatic N) is 2. The van der Waals surface area contributed by atoms with Gasteiger partial charge in [-0.2, -0.15) is 10.2 Å². The SMILES string of the molecule is CC1C(C)C1(C#N)NC(=O)C(COCc1ccccc1)Nc1nc(=O)oc2ccoc12. The maximum Gasteiger partial charge on any atom is 0.441 e. The summed E-state index contributed by atoms with van der Waals surface area (Å²) in [5.74, 6) is -1.11. The quantitative estimate of drug-likeness (QED) is 0.566. The van der Waals surface area contributed by atoms with Crippen LogP contribution in [0.25, 0.3) is 11.2 Å². The van der Waals surface area contributed by atoms with Gasteiger partial charge in [-0.1, -0.05) is 44.2 Å². The number of anilines is 1. The van der Waals surface area contributed by atoms with E-state index in [0.29, 0.717) is 6.61 Å². The molecule has 1 aromatic carbocycles. The van der Waals surface area contributed by atoms with Gasteiger partial charge in [0.2, 0.25) is 11.5 Å². The normalized spacial score (nSPS) is 23.1. The summed E-state index contributed by atoms with van der Waals surface area (Å²) in [5.41, 5.74) is 0.458. The topological polar surface area (TPSA) is 130 Å². The summed E-state index contributed by atoms with van der Waals surface area (Å²) >= 11 is 0. The van der Waals surface area contributed by atoms with E-state index in [1.54, 1.807) is 0 Å². The van der Waals surface area contributed by atoms with Crippen molar-refractivity contribution in [1.82, 2.24) is 10.3 Å². The molecule has 3 aromatic rings. The van der Waals surface area contributed by atoms with Crippen molar-refractivity contribution in [3.8, 4) is 6.07 Å². The third kappa shape index (κ3) is 4.02. The first-order chi connectivity index (χ1) is 14.9.